The van der Waals surface area contributed by atoms with Crippen LogP contribution >= 0.6 is 11.3 Å². The molecule has 2 aromatic rings. The molecule has 122 valence electrons. The smallest absolute Gasteiger partial charge is 0.263 e. The third-order valence-electron chi connectivity index (χ3n) is 4.17. The van der Waals surface area contributed by atoms with Crippen molar-refractivity contribution < 1.29 is 9.53 Å². The molecule has 1 fully saturated rings. The van der Waals surface area contributed by atoms with Crippen molar-refractivity contribution in [1.82, 2.24) is 4.90 Å². The van der Waals surface area contributed by atoms with Crippen LogP contribution in [-0.4, -0.2) is 44.1 Å². The Labute approximate surface area is 141 Å². The lowest BCUT2D eigenvalue weighted by atomic mass is 10.2. The third kappa shape index (κ3) is 3.67. The number of aryl methyl sites for hydroxylation is 1. The molecule has 0 N–H and O–H groups in total. The minimum absolute atomic E-state index is 0.166. The molecule has 0 spiro atoms. The summed E-state index contributed by atoms with van der Waals surface area (Å²) in [5.41, 5.74) is 1.19. The van der Waals surface area contributed by atoms with Crippen molar-refractivity contribution in [3.05, 3.63) is 46.2 Å². The Morgan fingerprint density at radius 2 is 1.83 bits per heavy atom. The first-order valence-electron chi connectivity index (χ1n) is 7.92. The molecule has 0 radical (unpaired) electrons. The quantitative estimate of drug-likeness (QED) is 0.864. The van der Waals surface area contributed by atoms with Gasteiger partial charge < -0.3 is 14.5 Å². The summed E-state index contributed by atoms with van der Waals surface area (Å²) in [6.45, 7) is 5.46. The van der Waals surface area contributed by atoms with Crippen LogP contribution in [0.4, 0.5) is 5.69 Å². The van der Waals surface area contributed by atoms with Gasteiger partial charge in [0.2, 0.25) is 0 Å². The van der Waals surface area contributed by atoms with Crippen molar-refractivity contribution in [1.29, 1.82) is 0 Å². The minimum Gasteiger partial charge on any atom is -0.497 e. The van der Waals surface area contributed by atoms with Crippen LogP contribution in [0.25, 0.3) is 0 Å². The van der Waals surface area contributed by atoms with E-state index >= 15 is 0 Å². The van der Waals surface area contributed by atoms with Crippen LogP contribution in [-0.2, 0) is 0 Å². The number of anilines is 1. The van der Waals surface area contributed by atoms with Crippen LogP contribution in [0, 0.1) is 6.92 Å². The van der Waals surface area contributed by atoms with Gasteiger partial charge in [0, 0.05) is 36.7 Å². The zero-order chi connectivity index (χ0) is 16.2. The molecule has 3 rings (SSSR count). The highest BCUT2D eigenvalue weighted by Gasteiger charge is 2.21. The molecular weight excluding hydrogens is 308 g/mol. The summed E-state index contributed by atoms with van der Waals surface area (Å²) in [4.78, 5) is 18.9. The Bertz CT molecular complexity index is 666. The molecule has 1 aliphatic heterocycles. The van der Waals surface area contributed by atoms with Gasteiger partial charge in [-0.3, -0.25) is 4.79 Å². The normalized spacial score (nSPS) is 15.4. The zero-order valence-electron chi connectivity index (χ0n) is 13.6. The Kier molecular flexibility index (Phi) is 4.86. The highest BCUT2D eigenvalue weighted by atomic mass is 32.1. The monoisotopic (exact) mass is 330 g/mol. The average Bonchev–Trinajstić information content (AvgIpc) is 2.87. The molecule has 1 aromatic heterocycles. The van der Waals surface area contributed by atoms with Crippen LogP contribution < -0.4 is 9.64 Å². The Balaban J connectivity index is 1.65. The maximum Gasteiger partial charge on any atom is 0.263 e. The van der Waals surface area contributed by atoms with Crippen LogP contribution in [0.15, 0.2) is 36.4 Å². The number of thiophene rings is 1. The van der Waals surface area contributed by atoms with Crippen molar-refractivity contribution in [3.8, 4) is 5.75 Å². The van der Waals surface area contributed by atoms with E-state index in [0.29, 0.717) is 0 Å². The molecule has 0 atom stereocenters. The highest BCUT2D eigenvalue weighted by Crippen LogP contribution is 2.22. The van der Waals surface area contributed by atoms with Gasteiger partial charge in [-0.2, -0.15) is 0 Å². The van der Waals surface area contributed by atoms with Gasteiger partial charge in [-0.15, -0.1) is 11.3 Å². The summed E-state index contributed by atoms with van der Waals surface area (Å²) < 4.78 is 5.21. The average molecular weight is 330 g/mol. The van der Waals surface area contributed by atoms with Gasteiger partial charge in [0.25, 0.3) is 5.91 Å². The summed E-state index contributed by atoms with van der Waals surface area (Å²) in [5.74, 6) is 1.04. The molecule has 1 aromatic carbocycles. The van der Waals surface area contributed by atoms with Gasteiger partial charge in [-0.25, -0.2) is 0 Å². The number of benzene rings is 1. The summed E-state index contributed by atoms with van der Waals surface area (Å²) >= 11 is 1.58. The first-order valence-corrected chi connectivity index (χ1v) is 8.74. The molecule has 4 nitrogen and oxygen atoms in total. The van der Waals surface area contributed by atoms with Gasteiger partial charge in [-0.05, 0) is 49.7 Å². The zero-order valence-corrected chi connectivity index (χ0v) is 14.4. The Morgan fingerprint density at radius 3 is 2.48 bits per heavy atom. The number of carbonyl (C=O) groups excluding carboxylic acids is 1. The Hall–Kier alpha value is -2.01. The van der Waals surface area contributed by atoms with E-state index < -0.39 is 0 Å². The number of hydrogen-bond donors (Lipinski definition) is 0. The van der Waals surface area contributed by atoms with Gasteiger partial charge in [-0.1, -0.05) is 0 Å². The van der Waals surface area contributed by atoms with Crippen LogP contribution in [0.2, 0.25) is 0 Å². The van der Waals surface area contributed by atoms with Gasteiger partial charge in [0.1, 0.15) is 5.75 Å². The van der Waals surface area contributed by atoms with E-state index in [1.807, 2.05) is 36.1 Å². The van der Waals surface area contributed by atoms with E-state index in [1.165, 1.54) is 10.6 Å². The second-order valence-electron chi connectivity index (χ2n) is 5.74. The SMILES string of the molecule is COc1ccc(N2CCCN(C(=O)c3ccc(C)s3)CC2)cc1. The molecular formula is C18H22N2O2S. The van der Waals surface area contributed by atoms with Crippen molar-refractivity contribution in [2.75, 3.05) is 38.2 Å². The van der Waals surface area contributed by atoms with E-state index in [4.69, 9.17) is 4.74 Å². The lowest BCUT2D eigenvalue weighted by Gasteiger charge is -2.23. The predicted molar refractivity (Wildman–Crippen MR) is 94.8 cm³/mol. The van der Waals surface area contributed by atoms with Crippen molar-refractivity contribution >= 4 is 22.9 Å². The van der Waals surface area contributed by atoms with Crippen molar-refractivity contribution in [3.63, 3.8) is 0 Å². The second-order valence-corrected chi connectivity index (χ2v) is 7.03. The first kappa shape index (κ1) is 15.9. The van der Waals surface area contributed by atoms with E-state index in [9.17, 15) is 4.79 Å². The van der Waals surface area contributed by atoms with Crippen molar-refractivity contribution in [2.24, 2.45) is 0 Å². The maximum absolute atomic E-state index is 12.6. The lowest BCUT2D eigenvalue weighted by molar-refractivity contribution is 0.0772. The van der Waals surface area contributed by atoms with Crippen LogP contribution in [0.1, 0.15) is 21.0 Å². The summed E-state index contributed by atoms with van der Waals surface area (Å²) in [6, 6.07) is 12.1. The predicted octanol–water partition coefficient (Wildman–Crippen LogP) is 3.42. The van der Waals surface area contributed by atoms with E-state index in [2.05, 4.69) is 17.0 Å². The van der Waals surface area contributed by atoms with Gasteiger partial charge >= 0.3 is 0 Å². The number of ether oxygens (including phenoxy) is 1. The second kappa shape index (κ2) is 7.04. The fourth-order valence-corrected chi connectivity index (χ4v) is 3.71. The lowest BCUT2D eigenvalue weighted by Crippen LogP contribution is -2.34. The van der Waals surface area contributed by atoms with E-state index in [-0.39, 0.29) is 5.91 Å². The van der Waals surface area contributed by atoms with Gasteiger partial charge in [0.05, 0.1) is 12.0 Å². The largest absolute Gasteiger partial charge is 0.497 e. The Morgan fingerprint density at radius 1 is 1.04 bits per heavy atom. The molecule has 1 saturated heterocycles. The molecule has 23 heavy (non-hydrogen) atoms. The van der Waals surface area contributed by atoms with Gasteiger partial charge in [0.15, 0.2) is 0 Å². The fraction of sp³-hybridized carbons (Fsp3) is 0.389. The summed E-state index contributed by atoms with van der Waals surface area (Å²) in [5, 5.41) is 0. The number of rotatable bonds is 3. The fourth-order valence-electron chi connectivity index (χ4n) is 2.88. The molecule has 0 bridgehead atoms. The van der Waals surface area contributed by atoms with E-state index in [0.717, 1.165) is 43.2 Å². The molecule has 0 aliphatic carbocycles. The summed E-state index contributed by atoms with van der Waals surface area (Å²) in [7, 11) is 1.68. The highest BCUT2D eigenvalue weighted by molar-refractivity contribution is 7.13. The number of hydrogen-bond acceptors (Lipinski definition) is 4. The first-order chi connectivity index (χ1) is 11.2. The summed E-state index contributed by atoms with van der Waals surface area (Å²) in [6.07, 6.45) is 0.988. The number of nitrogens with zero attached hydrogens (tertiary/aromatic N) is 2. The van der Waals surface area contributed by atoms with Crippen LogP contribution in [0.5, 0.6) is 5.75 Å². The molecule has 5 heteroatoms. The molecule has 1 amide bonds. The topological polar surface area (TPSA) is 32.8 Å². The number of amides is 1. The molecule has 2 heterocycles. The maximum atomic E-state index is 12.6. The third-order valence-corrected chi connectivity index (χ3v) is 5.16. The number of carbonyl (C=O) groups is 1. The minimum atomic E-state index is 0.166. The molecule has 0 saturated carbocycles. The number of methoxy groups -OCH3 is 1. The molecule has 1 aliphatic rings. The van der Waals surface area contributed by atoms with Crippen LogP contribution in [0.3, 0.4) is 0 Å². The van der Waals surface area contributed by atoms with E-state index in [1.54, 1.807) is 18.4 Å². The molecule has 0 unspecified atom stereocenters. The van der Waals surface area contributed by atoms with Crippen molar-refractivity contribution in [2.45, 2.75) is 13.3 Å². The standard InChI is InChI=1S/C18H22N2O2S/c1-14-4-9-17(23-14)18(21)20-11-3-10-19(12-13-20)15-5-7-16(22-2)8-6-15/h4-9H,3,10-13H2,1-2H3.